The van der Waals surface area contributed by atoms with Crippen molar-refractivity contribution in [1.29, 1.82) is 0 Å². The largest absolute Gasteiger partial charge is 0.483 e. The maximum absolute atomic E-state index is 12.4. The molecule has 0 aliphatic rings. The van der Waals surface area contributed by atoms with Crippen molar-refractivity contribution in [1.82, 2.24) is 14.8 Å². The Morgan fingerprint density at radius 2 is 2.06 bits per heavy atom. The molecule has 3 aromatic heterocycles. The van der Waals surface area contributed by atoms with Gasteiger partial charge in [-0.15, -0.1) is 11.3 Å². The second-order valence-corrected chi connectivity index (χ2v) is 7.52. The average molecular weight is 454 g/mol. The molecular weight excluding hydrogens is 436 g/mol. The van der Waals surface area contributed by atoms with Gasteiger partial charge >= 0.3 is 5.97 Å². The molecule has 11 heteroatoms. The number of carbonyl (C=O) groups is 1. The van der Waals surface area contributed by atoms with E-state index in [-0.39, 0.29) is 30.3 Å². The zero-order chi connectivity index (χ0) is 22.7. The van der Waals surface area contributed by atoms with Crippen LogP contribution in [-0.4, -0.2) is 32.3 Å². The Kier molecular flexibility index (Phi) is 5.99. The number of aromatic nitrogens is 3. The fraction of sp³-hybridized carbons (Fsp3) is 0.190. The summed E-state index contributed by atoms with van der Waals surface area (Å²) in [5, 5.41) is 17.1. The van der Waals surface area contributed by atoms with Crippen molar-refractivity contribution in [3.8, 4) is 22.2 Å². The van der Waals surface area contributed by atoms with E-state index in [1.165, 1.54) is 46.5 Å². The Morgan fingerprint density at radius 1 is 1.28 bits per heavy atom. The van der Waals surface area contributed by atoms with Gasteiger partial charge in [0.1, 0.15) is 18.1 Å². The van der Waals surface area contributed by atoms with Gasteiger partial charge in [0.05, 0.1) is 28.3 Å². The van der Waals surface area contributed by atoms with Gasteiger partial charge in [-0.1, -0.05) is 6.07 Å². The van der Waals surface area contributed by atoms with Gasteiger partial charge < -0.3 is 13.9 Å². The van der Waals surface area contributed by atoms with Crippen LogP contribution in [0.3, 0.4) is 0 Å². The number of carbonyl (C=O) groups excluding carboxylic acids is 1. The average Bonchev–Trinajstić information content (AvgIpc) is 3.52. The van der Waals surface area contributed by atoms with Gasteiger partial charge in [-0.25, -0.2) is 14.5 Å². The highest BCUT2D eigenvalue weighted by atomic mass is 32.1. The lowest BCUT2D eigenvalue weighted by atomic mass is 10.3. The molecule has 4 aromatic rings. The molecule has 4 rings (SSSR count). The first kappa shape index (κ1) is 21.2. The topological polar surface area (TPSA) is 123 Å². The molecule has 0 bridgehead atoms. The van der Waals surface area contributed by atoms with E-state index in [1.54, 1.807) is 13.8 Å². The van der Waals surface area contributed by atoms with Gasteiger partial charge in [0, 0.05) is 12.1 Å². The number of rotatable bonds is 8. The number of benzene rings is 1. The second-order valence-electron chi connectivity index (χ2n) is 6.57. The molecule has 0 aliphatic carbocycles. The minimum atomic E-state index is -0.640. The molecular formula is C21H18N4O6S. The number of hydrogen-bond acceptors (Lipinski definition) is 9. The zero-order valence-electron chi connectivity index (χ0n) is 17.2. The van der Waals surface area contributed by atoms with Crippen LogP contribution < -0.4 is 4.74 Å². The van der Waals surface area contributed by atoms with Crippen LogP contribution in [0.5, 0.6) is 5.75 Å². The van der Waals surface area contributed by atoms with E-state index in [2.05, 4.69) is 10.1 Å². The molecule has 3 heterocycles. The summed E-state index contributed by atoms with van der Waals surface area (Å²) in [5.74, 6) is 0.665. The van der Waals surface area contributed by atoms with Crippen molar-refractivity contribution in [2.75, 3.05) is 6.61 Å². The van der Waals surface area contributed by atoms with Gasteiger partial charge in [-0.2, -0.15) is 5.10 Å². The van der Waals surface area contributed by atoms with E-state index in [1.807, 2.05) is 17.5 Å². The number of oxazole rings is 1. The van der Waals surface area contributed by atoms with Crippen molar-refractivity contribution in [3.05, 3.63) is 75.2 Å². The van der Waals surface area contributed by atoms with Gasteiger partial charge in [0.15, 0.2) is 5.75 Å². The van der Waals surface area contributed by atoms with Gasteiger partial charge in [0.2, 0.25) is 11.6 Å². The van der Waals surface area contributed by atoms with Crippen LogP contribution in [0, 0.1) is 17.0 Å². The first-order chi connectivity index (χ1) is 15.5. The first-order valence-corrected chi connectivity index (χ1v) is 10.5. The Morgan fingerprint density at radius 3 is 2.72 bits per heavy atom. The van der Waals surface area contributed by atoms with Crippen LogP contribution in [0.1, 0.15) is 28.9 Å². The van der Waals surface area contributed by atoms with E-state index in [0.29, 0.717) is 23.0 Å². The smallest absolute Gasteiger partial charge is 0.362 e. The highest BCUT2D eigenvalue weighted by Crippen LogP contribution is 2.28. The number of hydrogen-bond donors (Lipinski definition) is 0. The minimum absolute atomic E-state index is 0.00942. The predicted octanol–water partition coefficient (Wildman–Crippen LogP) is 4.56. The summed E-state index contributed by atoms with van der Waals surface area (Å²) in [7, 11) is 0. The van der Waals surface area contributed by atoms with Crippen molar-refractivity contribution in [2.45, 2.75) is 20.5 Å². The Hall–Kier alpha value is -3.99. The highest BCUT2D eigenvalue weighted by molar-refractivity contribution is 7.13. The van der Waals surface area contributed by atoms with Crippen molar-refractivity contribution in [3.63, 3.8) is 0 Å². The monoisotopic (exact) mass is 454 g/mol. The lowest BCUT2D eigenvalue weighted by Crippen LogP contribution is -2.09. The van der Waals surface area contributed by atoms with E-state index in [4.69, 9.17) is 13.9 Å². The van der Waals surface area contributed by atoms with Crippen LogP contribution in [0.2, 0.25) is 0 Å². The molecule has 0 atom stereocenters. The van der Waals surface area contributed by atoms with E-state index in [9.17, 15) is 14.9 Å². The van der Waals surface area contributed by atoms with E-state index >= 15 is 0 Å². The van der Waals surface area contributed by atoms with Crippen molar-refractivity contribution >= 4 is 23.0 Å². The lowest BCUT2D eigenvalue weighted by molar-refractivity contribution is -0.384. The molecule has 164 valence electrons. The molecule has 10 nitrogen and oxygen atoms in total. The van der Waals surface area contributed by atoms with Gasteiger partial charge in [0.25, 0.3) is 5.69 Å². The summed E-state index contributed by atoms with van der Waals surface area (Å²) in [6, 6.07) is 9.58. The summed E-state index contributed by atoms with van der Waals surface area (Å²) < 4.78 is 18.1. The molecule has 0 spiro atoms. The quantitative estimate of drug-likeness (QED) is 0.216. The number of nitrogens with zero attached hydrogens (tertiary/aromatic N) is 4. The third-order valence-electron chi connectivity index (χ3n) is 4.46. The van der Waals surface area contributed by atoms with Crippen LogP contribution in [0.4, 0.5) is 5.69 Å². The maximum Gasteiger partial charge on any atom is 0.362 e. The Balaban J connectivity index is 1.59. The Bertz CT molecular complexity index is 1240. The molecule has 0 saturated carbocycles. The third kappa shape index (κ3) is 4.37. The third-order valence-corrected chi connectivity index (χ3v) is 5.32. The fourth-order valence-electron chi connectivity index (χ4n) is 2.88. The fourth-order valence-corrected chi connectivity index (χ4v) is 3.53. The van der Waals surface area contributed by atoms with E-state index in [0.717, 1.165) is 4.88 Å². The minimum Gasteiger partial charge on any atom is -0.483 e. The van der Waals surface area contributed by atoms with Gasteiger partial charge in [-0.3, -0.25) is 10.1 Å². The number of aryl methyl sites for hydroxylation is 1. The zero-order valence-corrected chi connectivity index (χ0v) is 18.0. The van der Waals surface area contributed by atoms with Crippen LogP contribution in [0.25, 0.3) is 16.5 Å². The number of nitro benzene ring substituents is 1. The summed E-state index contributed by atoms with van der Waals surface area (Å²) in [4.78, 5) is 28.2. The van der Waals surface area contributed by atoms with Gasteiger partial charge in [-0.05, 0) is 37.4 Å². The number of thiophene rings is 1. The van der Waals surface area contributed by atoms with Crippen molar-refractivity contribution in [2.24, 2.45) is 0 Å². The van der Waals surface area contributed by atoms with Crippen molar-refractivity contribution < 1.29 is 23.6 Å². The number of esters is 1. The molecule has 0 aliphatic heterocycles. The molecule has 0 radical (unpaired) electrons. The van der Waals surface area contributed by atoms with Crippen LogP contribution in [0.15, 0.2) is 52.4 Å². The number of ether oxygens (including phenoxy) is 2. The molecule has 0 N–H and O–H groups in total. The van der Waals surface area contributed by atoms with Crippen LogP contribution in [-0.2, 0) is 11.3 Å². The predicted molar refractivity (Wildman–Crippen MR) is 115 cm³/mol. The summed E-state index contributed by atoms with van der Waals surface area (Å²) in [5.41, 5.74) is 1.05. The van der Waals surface area contributed by atoms with Crippen LogP contribution >= 0.6 is 11.3 Å². The molecule has 0 amide bonds. The summed E-state index contributed by atoms with van der Waals surface area (Å²) >= 11 is 1.51. The molecule has 0 saturated heterocycles. The first-order valence-electron chi connectivity index (χ1n) is 9.61. The highest BCUT2D eigenvalue weighted by Gasteiger charge is 2.22. The summed E-state index contributed by atoms with van der Waals surface area (Å²) in [6.07, 6.45) is 1.52. The normalized spacial score (nSPS) is 10.8. The lowest BCUT2D eigenvalue weighted by Gasteiger charge is -2.04. The molecule has 0 fully saturated rings. The number of non-ortho nitro benzene ring substituents is 1. The Labute approximate surface area is 186 Å². The van der Waals surface area contributed by atoms with E-state index < -0.39 is 10.9 Å². The second kappa shape index (κ2) is 9.02. The summed E-state index contributed by atoms with van der Waals surface area (Å²) in [6.45, 7) is 3.71. The molecule has 0 unspecified atom stereocenters. The molecule has 1 aromatic carbocycles. The maximum atomic E-state index is 12.4. The number of nitro groups is 1. The SMILES string of the molecule is CCOC(=O)c1nn(-c2ccc([N+](=O)[O-])cc2)cc1OCc1nc(-c2cccs2)oc1C. The standard InChI is InChI=1S/C21H18N4O6S/c1-3-29-21(26)19-17(11-24(23-19)14-6-8-15(9-7-14)25(27)28)30-12-16-13(2)31-20(22-16)18-5-4-10-32-18/h4-11H,3,12H2,1-2H3. The molecule has 32 heavy (non-hydrogen) atoms.